The van der Waals surface area contributed by atoms with Gasteiger partial charge in [0.05, 0.1) is 28.4 Å². The lowest BCUT2D eigenvalue weighted by atomic mass is 10.0. The SMILES string of the molecule is COc1ccc2c(-c3cc(OC)c(OC)c(OC)c3)cc(=O)oc2c1. The Morgan fingerprint density at radius 1 is 0.800 bits per heavy atom. The molecular weight excluding hydrogens is 324 g/mol. The fraction of sp³-hybridized carbons (Fsp3) is 0.211. The smallest absolute Gasteiger partial charge is 0.336 e. The molecule has 0 amide bonds. The van der Waals surface area contributed by atoms with Crippen LogP contribution in [0.3, 0.4) is 0 Å². The summed E-state index contributed by atoms with van der Waals surface area (Å²) in [5.74, 6) is 2.11. The monoisotopic (exact) mass is 342 g/mol. The number of hydrogen-bond donors (Lipinski definition) is 0. The summed E-state index contributed by atoms with van der Waals surface area (Å²) in [7, 11) is 6.19. The van der Waals surface area contributed by atoms with Crippen LogP contribution in [0.1, 0.15) is 0 Å². The molecule has 6 nitrogen and oxygen atoms in total. The van der Waals surface area contributed by atoms with E-state index in [-0.39, 0.29) is 0 Å². The molecular formula is C19H18O6. The first-order valence-electron chi connectivity index (χ1n) is 7.53. The average Bonchev–Trinajstić information content (AvgIpc) is 2.65. The standard InChI is InChI=1S/C19H18O6/c1-21-12-5-6-13-14(10-18(20)25-15(13)9-12)11-7-16(22-2)19(24-4)17(8-11)23-3/h5-10H,1-4H3. The molecule has 1 heterocycles. The first kappa shape index (κ1) is 16.7. The van der Waals surface area contributed by atoms with Crippen LogP contribution in [0, 0.1) is 0 Å². The van der Waals surface area contributed by atoms with Gasteiger partial charge in [-0.3, -0.25) is 0 Å². The summed E-state index contributed by atoms with van der Waals surface area (Å²) in [5.41, 5.74) is 1.44. The van der Waals surface area contributed by atoms with Crippen molar-refractivity contribution in [1.82, 2.24) is 0 Å². The van der Waals surface area contributed by atoms with Crippen LogP contribution in [0.4, 0.5) is 0 Å². The fourth-order valence-electron chi connectivity index (χ4n) is 2.75. The Labute approximate surface area is 144 Å². The van der Waals surface area contributed by atoms with Crippen LogP contribution < -0.4 is 24.6 Å². The third-order valence-electron chi connectivity index (χ3n) is 3.93. The van der Waals surface area contributed by atoms with Crippen LogP contribution in [0.2, 0.25) is 0 Å². The minimum atomic E-state index is -0.454. The van der Waals surface area contributed by atoms with E-state index in [2.05, 4.69) is 0 Å². The topological polar surface area (TPSA) is 67.1 Å². The molecule has 25 heavy (non-hydrogen) atoms. The van der Waals surface area contributed by atoms with E-state index in [4.69, 9.17) is 23.4 Å². The van der Waals surface area contributed by atoms with E-state index in [1.165, 1.54) is 6.07 Å². The van der Waals surface area contributed by atoms with Gasteiger partial charge in [-0.15, -0.1) is 0 Å². The first-order chi connectivity index (χ1) is 12.1. The lowest BCUT2D eigenvalue weighted by Gasteiger charge is -2.15. The highest BCUT2D eigenvalue weighted by Crippen LogP contribution is 2.42. The Morgan fingerprint density at radius 2 is 1.48 bits per heavy atom. The average molecular weight is 342 g/mol. The van der Waals surface area contributed by atoms with E-state index in [1.807, 2.05) is 12.1 Å². The number of fused-ring (bicyclic) bond motifs is 1. The zero-order valence-corrected chi connectivity index (χ0v) is 14.4. The molecule has 0 aliphatic rings. The van der Waals surface area contributed by atoms with Crippen molar-refractivity contribution in [3.63, 3.8) is 0 Å². The molecule has 0 unspecified atom stereocenters. The number of hydrogen-bond acceptors (Lipinski definition) is 6. The van der Waals surface area contributed by atoms with Crippen molar-refractivity contribution >= 4 is 11.0 Å². The van der Waals surface area contributed by atoms with E-state index in [1.54, 1.807) is 46.6 Å². The molecule has 6 heteroatoms. The van der Waals surface area contributed by atoms with Gasteiger partial charge in [-0.1, -0.05) is 0 Å². The molecule has 3 rings (SSSR count). The third-order valence-corrected chi connectivity index (χ3v) is 3.93. The largest absolute Gasteiger partial charge is 0.497 e. The second-order valence-corrected chi connectivity index (χ2v) is 5.26. The van der Waals surface area contributed by atoms with Gasteiger partial charge in [0, 0.05) is 23.1 Å². The van der Waals surface area contributed by atoms with Crippen molar-refractivity contribution in [2.75, 3.05) is 28.4 Å². The van der Waals surface area contributed by atoms with Gasteiger partial charge in [-0.2, -0.15) is 0 Å². The molecule has 0 saturated heterocycles. The van der Waals surface area contributed by atoms with Gasteiger partial charge in [0.1, 0.15) is 11.3 Å². The van der Waals surface area contributed by atoms with Gasteiger partial charge < -0.3 is 23.4 Å². The van der Waals surface area contributed by atoms with Crippen molar-refractivity contribution in [3.8, 4) is 34.1 Å². The first-order valence-corrected chi connectivity index (χ1v) is 7.53. The molecule has 0 spiro atoms. The van der Waals surface area contributed by atoms with Gasteiger partial charge in [0.25, 0.3) is 0 Å². The van der Waals surface area contributed by atoms with Crippen molar-refractivity contribution in [2.24, 2.45) is 0 Å². The van der Waals surface area contributed by atoms with Crippen LogP contribution in [-0.2, 0) is 0 Å². The lowest BCUT2D eigenvalue weighted by molar-refractivity contribution is 0.324. The van der Waals surface area contributed by atoms with E-state index in [9.17, 15) is 4.79 Å². The molecule has 0 N–H and O–H groups in total. The Hall–Kier alpha value is -3.15. The normalized spacial score (nSPS) is 10.6. The van der Waals surface area contributed by atoms with Crippen molar-refractivity contribution < 1.29 is 23.4 Å². The predicted octanol–water partition coefficient (Wildman–Crippen LogP) is 3.49. The predicted molar refractivity (Wildman–Crippen MR) is 94.1 cm³/mol. The van der Waals surface area contributed by atoms with E-state index < -0.39 is 5.63 Å². The van der Waals surface area contributed by atoms with Crippen molar-refractivity contribution in [1.29, 1.82) is 0 Å². The van der Waals surface area contributed by atoms with Crippen LogP contribution in [-0.4, -0.2) is 28.4 Å². The number of benzene rings is 2. The Kier molecular flexibility index (Phi) is 4.52. The molecule has 0 fully saturated rings. The van der Waals surface area contributed by atoms with Gasteiger partial charge >= 0.3 is 5.63 Å². The molecule has 130 valence electrons. The summed E-state index contributed by atoms with van der Waals surface area (Å²) in [4.78, 5) is 12.0. The van der Waals surface area contributed by atoms with Crippen LogP contribution in [0.25, 0.3) is 22.1 Å². The van der Waals surface area contributed by atoms with E-state index in [0.29, 0.717) is 34.1 Å². The van der Waals surface area contributed by atoms with Gasteiger partial charge in [-0.05, 0) is 29.8 Å². The highest BCUT2D eigenvalue weighted by Gasteiger charge is 2.16. The Bertz CT molecular complexity index is 948. The maximum atomic E-state index is 12.0. The molecule has 1 aromatic heterocycles. The van der Waals surface area contributed by atoms with Crippen molar-refractivity contribution in [3.05, 3.63) is 46.8 Å². The fourth-order valence-corrected chi connectivity index (χ4v) is 2.75. The lowest BCUT2D eigenvalue weighted by Crippen LogP contribution is -2.00. The second kappa shape index (κ2) is 6.76. The Morgan fingerprint density at radius 3 is 2.04 bits per heavy atom. The number of ether oxygens (including phenoxy) is 4. The van der Waals surface area contributed by atoms with Gasteiger partial charge in [0.15, 0.2) is 11.5 Å². The molecule has 0 saturated carbocycles. The summed E-state index contributed by atoms with van der Waals surface area (Å²) in [6, 6.07) is 10.4. The highest BCUT2D eigenvalue weighted by molar-refractivity contribution is 5.94. The summed E-state index contributed by atoms with van der Waals surface area (Å²) in [5, 5.41) is 0.773. The number of methoxy groups -OCH3 is 4. The molecule has 0 aliphatic carbocycles. The molecule has 0 aliphatic heterocycles. The maximum Gasteiger partial charge on any atom is 0.336 e. The van der Waals surface area contributed by atoms with Gasteiger partial charge in [0.2, 0.25) is 5.75 Å². The van der Waals surface area contributed by atoms with Crippen LogP contribution in [0.5, 0.6) is 23.0 Å². The number of rotatable bonds is 5. The molecule has 2 aromatic carbocycles. The van der Waals surface area contributed by atoms with E-state index in [0.717, 1.165) is 10.9 Å². The summed E-state index contributed by atoms with van der Waals surface area (Å²) in [6.45, 7) is 0. The zero-order chi connectivity index (χ0) is 18.0. The second-order valence-electron chi connectivity index (χ2n) is 5.26. The minimum Gasteiger partial charge on any atom is -0.497 e. The molecule has 0 atom stereocenters. The third kappa shape index (κ3) is 2.98. The van der Waals surface area contributed by atoms with Gasteiger partial charge in [-0.25, -0.2) is 4.79 Å². The van der Waals surface area contributed by atoms with Crippen LogP contribution in [0.15, 0.2) is 45.6 Å². The molecule has 0 radical (unpaired) electrons. The molecule has 3 aromatic rings. The van der Waals surface area contributed by atoms with E-state index >= 15 is 0 Å². The summed E-state index contributed by atoms with van der Waals surface area (Å²) < 4.78 is 26.6. The minimum absolute atomic E-state index is 0.440. The molecule has 0 bridgehead atoms. The summed E-state index contributed by atoms with van der Waals surface area (Å²) in [6.07, 6.45) is 0. The van der Waals surface area contributed by atoms with Crippen LogP contribution >= 0.6 is 0 Å². The zero-order valence-electron chi connectivity index (χ0n) is 14.4. The quantitative estimate of drug-likeness (QED) is 0.661. The Balaban J connectivity index is 2.31. The summed E-state index contributed by atoms with van der Waals surface area (Å²) >= 11 is 0. The van der Waals surface area contributed by atoms with Crippen molar-refractivity contribution in [2.45, 2.75) is 0 Å². The highest BCUT2D eigenvalue weighted by atomic mass is 16.5. The maximum absolute atomic E-state index is 12.0.